The molecular formula is C20H31N5O5S. The van der Waals surface area contributed by atoms with Gasteiger partial charge < -0.3 is 19.9 Å². The van der Waals surface area contributed by atoms with E-state index in [1.807, 2.05) is 30.3 Å². The minimum atomic E-state index is -3.51. The van der Waals surface area contributed by atoms with Gasteiger partial charge in [0.15, 0.2) is 0 Å². The third-order valence-corrected chi connectivity index (χ3v) is 7.47. The van der Waals surface area contributed by atoms with Crippen LogP contribution >= 0.6 is 0 Å². The summed E-state index contributed by atoms with van der Waals surface area (Å²) in [6.45, 7) is 3.51. The highest BCUT2D eigenvalue weighted by atomic mass is 32.2. The number of carbonyl (C=O) groups is 2. The van der Waals surface area contributed by atoms with Crippen LogP contribution in [0.15, 0.2) is 30.3 Å². The van der Waals surface area contributed by atoms with E-state index in [-0.39, 0.29) is 38.0 Å². The van der Waals surface area contributed by atoms with Gasteiger partial charge >= 0.3 is 6.03 Å². The first-order chi connectivity index (χ1) is 14.9. The van der Waals surface area contributed by atoms with Gasteiger partial charge in [-0.05, 0) is 5.56 Å². The van der Waals surface area contributed by atoms with Crippen LogP contribution in [0.5, 0.6) is 0 Å². The van der Waals surface area contributed by atoms with Crippen LogP contribution in [-0.2, 0) is 26.3 Å². The van der Waals surface area contributed by atoms with Crippen LogP contribution in [0.2, 0.25) is 0 Å². The first-order valence-corrected chi connectivity index (χ1v) is 11.9. The number of ether oxygens (including phenoxy) is 1. The van der Waals surface area contributed by atoms with Crippen molar-refractivity contribution in [2.75, 3.05) is 66.1 Å². The number of hydrogen-bond donors (Lipinski definition) is 1. The summed E-state index contributed by atoms with van der Waals surface area (Å²) < 4.78 is 33.5. The fraction of sp³-hybridized carbons (Fsp3) is 0.600. The third kappa shape index (κ3) is 6.39. The SMILES string of the molecule is CN(Cc1ccccc1)C(=O)NCCC(=O)N1CCN(S(=O)(=O)N2CCOCC2)CC1. The summed E-state index contributed by atoms with van der Waals surface area (Å²) in [5, 5.41) is 2.76. The lowest BCUT2D eigenvalue weighted by Gasteiger charge is -2.37. The van der Waals surface area contributed by atoms with E-state index in [0.29, 0.717) is 45.9 Å². The average molecular weight is 454 g/mol. The van der Waals surface area contributed by atoms with Crippen molar-refractivity contribution in [2.24, 2.45) is 0 Å². The van der Waals surface area contributed by atoms with Gasteiger partial charge in [-0.1, -0.05) is 30.3 Å². The maximum atomic E-state index is 12.7. The van der Waals surface area contributed by atoms with Crippen LogP contribution in [0, 0.1) is 0 Å². The van der Waals surface area contributed by atoms with Crippen LogP contribution in [0.3, 0.4) is 0 Å². The molecule has 2 saturated heterocycles. The van der Waals surface area contributed by atoms with Crippen LogP contribution in [-0.4, -0.2) is 105 Å². The van der Waals surface area contributed by atoms with Gasteiger partial charge in [-0.15, -0.1) is 0 Å². The molecule has 3 amide bonds. The molecule has 2 fully saturated rings. The fourth-order valence-electron chi connectivity index (χ4n) is 3.61. The topological polar surface area (TPSA) is 102 Å². The van der Waals surface area contributed by atoms with E-state index < -0.39 is 10.2 Å². The molecule has 31 heavy (non-hydrogen) atoms. The molecule has 0 aliphatic carbocycles. The second-order valence-corrected chi connectivity index (χ2v) is 9.55. The van der Waals surface area contributed by atoms with Crippen LogP contribution in [0.4, 0.5) is 4.79 Å². The predicted molar refractivity (Wildman–Crippen MR) is 115 cm³/mol. The number of urea groups is 1. The second-order valence-electron chi connectivity index (χ2n) is 7.62. The number of carbonyl (C=O) groups excluding carboxylic acids is 2. The van der Waals surface area contributed by atoms with Gasteiger partial charge in [-0.3, -0.25) is 4.79 Å². The predicted octanol–water partition coefficient (Wildman–Crippen LogP) is -0.0607. The highest BCUT2D eigenvalue weighted by Crippen LogP contribution is 2.14. The smallest absolute Gasteiger partial charge is 0.317 e. The molecule has 2 heterocycles. The molecule has 0 spiro atoms. The second kappa shape index (κ2) is 10.9. The van der Waals surface area contributed by atoms with Crippen LogP contribution < -0.4 is 5.32 Å². The number of nitrogens with zero attached hydrogens (tertiary/aromatic N) is 4. The Morgan fingerprint density at radius 3 is 2.26 bits per heavy atom. The highest BCUT2D eigenvalue weighted by molar-refractivity contribution is 7.86. The lowest BCUT2D eigenvalue weighted by atomic mass is 10.2. The fourth-order valence-corrected chi connectivity index (χ4v) is 5.17. The Hall–Kier alpha value is -2.21. The van der Waals surface area contributed by atoms with Crippen LogP contribution in [0.25, 0.3) is 0 Å². The van der Waals surface area contributed by atoms with Gasteiger partial charge in [0, 0.05) is 65.8 Å². The first-order valence-electron chi connectivity index (χ1n) is 10.5. The maximum absolute atomic E-state index is 12.7. The van der Waals surface area contributed by atoms with Crippen molar-refractivity contribution in [3.8, 4) is 0 Å². The Morgan fingerprint density at radius 1 is 1.00 bits per heavy atom. The summed E-state index contributed by atoms with van der Waals surface area (Å²) in [6, 6.07) is 9.43. The standard InChI is InChI=1S/C20H31N5O5S/c1-22(17-18-5-3-2-4-6-18)20(27)21-8-7-19(26)23-9-11-24(12-10-23)31(28,29)25-13-15-30-16-14-25/h2-6H,7-17H2,1H3,(H,21,27). The maximum Gasteiger partial charge on any atom is 0.317 e. The normalized spacial score (nSPS) is 18.5. The van der Waals surface area contributed by atoms with Crippen molar-refractivity contribution in [1.29, 1.82) is 0 Å². The minimum Gasteiger partial charge on any atom is -0.379 e. The lowest BCUT2D eigenvalue weighted by molar-refractivity contribution is -0.132. The Kier molecular flexibility index (Phi) is 8.24. The molecule has 0 atom stereocenters. The molecule has 0 unspecified atom stereocenters. The Morgan fingerprint density at radius 2 is 1.61 bits per heavy atom. The largest absolute Gasteiger partial charge is 0.379 e. The summed E-state index contributed by atoms with van der Waals surface area (Å²) in [4.78, 5) is 27.9. The van der Waals surface area contributed by atoms with Crippen molar-refractivity contribution >= 4 is 22.1 Å². The zero-order valence-corrected chi connectivity index (χ0v) is 18.7. The monoisotopic (exact) mass is 453 g/mol. The molecule has 0 saturated carbocycles. The summed E-state index contributed by atoms with van der Waals surface area (Å²) in [7, 11) is -1.81. The van der Waals surface area contributed by atoms with E-state index >= 15 is 0 Å². The zero-order chi connectivity index (χ0) is 22.3. The van der Waals surface area contributed by atoms with E-state index in [4.69, 9.17) is 4.74 Å². The van der Waals surface area contributed by atoms with Gasteiger partial charge in [0.05, 0.1) is 13.2 Å². The van der Waals surface area contributed by atoms with Crippen molar-refractivity contribution in [3.05, 3.63) is 35.9 Å². The molecule has 3 rings (SSSR count). The van der Waals surface area contributed by atoms with E-state index in [1.165, 1.54) is 8.61 Å². The van der Waals surface area contributed by atoms with Gasteiger partial charge in [0.25, 0.3) is 10.2 Å². The van der Waals surface area contributed by atoms with E-state index in [1.54, 1.807) is 16.8 Å². The molecule has 0 aromatic heterocycles. The quantitative estimate of drug-likeness (QED) is 0.623. The molecule has 1 aromatic carbocycles. The van der Waals surface area contributed by atoms with Gasteiger partial charge in [0.1, 0.15) is 0 Å². The molecule has 11 heteroatoms. The lowest BCUT2D eigenvalue weighted by Crippen LogP contribution is -2.56. The van der Waals surface area contributed by atoms with Gasteiger partial charge in [-0.2, -0.15) is 17.0 Å². The summed E-state index contributed by atoms with van der Waals surface area (Å²) in [6.07, 6.45) is 0.182. The number of hydrogen-bond acceptors (Lipinski definition) is 5. The number of amides is 3. The molecule has 2 aliphatic rings. The third-order valence-electron chi connectivity index (χ3n) is 5.44. The molecule has 1 aromatic rings. The average Bonchev–Trinajstić information content (AvgIpc) is 2.80. The van der Waals surface area contributed by atoms with E-state index in [9.17, 15) is 18.0 Å². The molecule has 2 aliphatic heterocycles. The Labute approximate surface area is 183 Å². The van der Waals surface area contributed by atoms with Crippen molar-refractivity contribution in [2.45, 2.75) is 13.0 Å². The minimum absolute atomic E-state index is 0.0885. The van der Waals surface area contributed by atoms with Crippen molar-refractivity contribution < 1.29 is 22.7 Å². The summed E-state index contributed by atoms with van der Waals surface area (Å²) >= 11 is 0. The number of morpholine rings is 1. The Balaban J connectivity index is 1.37. The summed E-state index contributed by atoms with van der Waals surface area (Å²) in [5.41, 5.74) is 1.03. The number of benzene rings is 1. The molecule has 1 N–H and O–H groups in total. The first kappa shape index (κ1) is 23.5. The van der Waals surface area contributed by atoms with Gasteiger partial charge in [-0.25, -0.2) is 4.79 Å². The molecule has 10 nitrogen and oxygen atoms in total. The van der Waals surface area contributed by atoms with E-state index in [2.05, 4.69) is 5.32 Å². The van der Waals surface area contributed by atoms with Crippen molar-refractivity contribution in [3.63, 3.8) is 0 Å². The van der Waals surface area contributed by atoms with Gasteiger partial charge in [0.2, 0.25) is 5.91 Å². The summed E-state index contributed by atoms with van der Waals surface area (Å²) in [5.74, 6) is -0.0885. The number of rotatable bonds is 7. The zero-order valence-electron chi connectivity index (χ0n) is 17.9. The van der Waals surface area contributed by atoms with Crippen LogP contribution in [0.1, 0.15) is 12.0 Å². The highest BCUT2D eigenvalue weighted by Gasteiger charge is 2.34. The molecular weight excluding hydrogens is 422 g/mol. The molecule has 172 valence electrons. The Bertz CT molecular complexity index is 837. The molecule has 0 bridgehead atoms. The van der Waals surface area contributed by atoms with Crippen molar-refractivity contribution in [1.82, 2.24) is 23.7 Å². The molecule has 0 radical (unpaired) electrons. The van der Waals surface area contributed by atoms with E-state index in [0.717, 1.165) is 5.56 Å². The number of piperazine rings is 1. The number of nitrogens with one attached hydrogen (secondary N) is 1.